The van der Waals surface area contributed by atoms with E-state index in [4.69, 9.17) is 0 Å². The van der Waals surface area contributed by atoms with E-state index < -0.39 is 0 Å². The van der Waals surface area contributed by atoms with E-state index in [0.717, 1.165) is 68.5 Å². The lowest BCUT2D eigenvalue weighted by molar-refractivity contribution is -0.146. The maximum Gasteiger partial charge on any atom is 0.251 e. The fourth-order valence-corrected chi connectivity index (χ4v) is 6.77. The summed E-state index contributed by atoms with van der Waals surface area (Å²) in [6.45, 7) is 2.48. The number of hydrogen-bond donors (Lipinski definition) is 3. The van der Waals surface area contributed by atoms with Crippen molar-refractivity contribution in [3.8, 4) is 0 Å². The van der Waals surface area contributed by atoms with Crippen molar-refractivity contribution >= 4 is 24.2 Å². The summed E-state index contributed by atoms with van der Waals surface area (Å²) in [5.41, 5.74) is 1.66. The molecule has 5 nitrogen and oxygen atoms in total. The second-order valence-electron chi connectivity index (χ2n) is 10.1. The maximum atomic E-state index is 13.1. The maximum absolute atomic E-state index is 13.1. The molecule has 4 saturated carbocycles. The molecule has 164 valence electrons. The Labute approximate surface area is 185 Å². The van der Waals surface area contributed by atoms with Crippen LogP contribution in [0.4, 0.5) is 0 Å². The summed E-state index contributed by atoms with van der Waals surface area (Å²) in [6.07, 6.45) is 9.33. The van der Waals surface area contributed by atoms with Gasteiger partial charge < -0.3 is 16.0 Å². The SMILES string of the molecule is Cl.O=C(NC1CCNCC1)c1ccc(CNC(=O)C23CC4CC(CC(C4)C2)C3)cc1. The van der Waals surface area contributed by atoms with Crippen molar-refractivity contribution in [3.63, 3.8) is 0 Å². The molecule has 4 bridgehead atoms. The highest BCUT2D eigenvalue weighted by Crippen LogP contribution is 2.60. The minimum atomic E-state index is -0.0938. The molecular weight excluding hydrogens is 398 g/mol. The van der Waals surface area contributed by atoms with Crippen LogP contribution in [-0.2, 0) is 11.3 Å². The van der Waals surface area contributed by atoms with E-state index in [1.54, 1.807) is 0 Å². The fraction of sp³-hybridized carbons (Fsp3) is 0.667. The zero-order valence-electron chi connectivity index (χ0n) is 17.6. The molecule has 30 heavy (non-hydrogen) atoms. The molecule has 0 spiro atoms. The Balaban J connectivity index is 0.00000218. The molecule has 6 heteroatoms. The summed E-state index contributed by atoms with van der Waals surface area (Å²) in [7, 11) is 0. The fourth-order valence-electron chi connectivity index (χ4n) is 6.77. The van der Waals surface area contributed by atoms with Crippen LogP contribution in [0, 0.1) is 23.2 Å². The number of carbonyl (C=O) groups is 2. The Morgan fingerprint density at radius 3 is 2.07 bits per heavy atom. The van der Waals surface area contributed by atoms with Gasteiger partial charge in [-0.15, -0.1) is 12.4 Å². The lowest BCUT2D eigenvalue weighted by Crippen LogP contribution is -2.53. The van der Waals surface area contributed by atoms with E-state index in [-0.39, 0.29) is 35.7 Å². The molecule has 1 aliphatic heterocycles. The molecule has 0 unspecified atom stereocenters. The standard InChI is InChI=1S/C24H33N3O2.ClH/c28-22(27-21-5-7-25-8-6-21)20-3-1-16(2-4-20)15-26-23(29)24-12-17-9-18(13-24)11-19(10-17)14-24;/h1-4,17-19,21,25H,5-15H2,(H,26,29)(H,27,28);1H. The van der Waals surface area contributed by atoms with Crippen molar-refractivity contribution in [1.29, 1.82) is 0 Å². The zero-order chi connectivity index (χ0) is 19.8. The van der Waals surface area contributed by atoms with Gasteiger partial charge in [0.2, 0.25) is 5.91 Å². The van der Waals surface area contributed by atoms with Gasteiger partial charge >= 0.3 is 0 Å². The molecule has 0 aromatic heterocycles. The lowest BCUT2D eigenvalue weighted by Gasteiger charge is -2.55. The highest BCUT2D eigenvalue weighted by atomic mass is 35.5. The first-order valence-corrected chi connectivity index (χ1v) is 11.5. The third-order valence-electron chi connectivity index (χ3n) is 7.86. The van der Waals surface area contributed by atoms with E-state index in [1.807, 2.05) is 24.3 Å². The molecular formula is C24H34ClN3O2. The summed E-state index contributed by atoms with van der Waals surface area (Å²) in [5.74, 6) is 2.62. The Hall–Kier alpha value is -1.59. The van der Waals surface area contributed by atoms with Gasteiger partial charge in [-0.05, 0) is 99.9 Å². The third-order valence-corrected chi connectivity index (χ3v) is 7.86. The van der Waals surface area contributed by atoms with E-state index in [9.17, 15) is 9.59 Å². The average molecular weight is 432 g/mol. The van der Waals surface area contributed by atoms with E-state index >= 15 is 0 Å². The van der Waals surface area contributed by atoms with Crippen molar-refractivity contribution in [1.82, 2.24) is 16.0 Å². The first-order valence-electron chi connectivity index (χ1n) is 11.5. The summed E-state index contributed by atoms with van der Waals surface area (Å²) < 4.78 is 0. The Morgan fingerprint density at radius 2 is 1.50 bits per heavy atom. The summed E-state index contributed by atoms with van der Waals surface area (Å²) in [4.78, 5) is 25.5. The first kappa shape index (κ1) is 21.6. The lowest BCUT2D eigenvalue weighted by atomic mass is 9.49. The number of hydrogen-bond acceptors (Lipinski definition) is 3. The van der Waals surface area contributed by atoms with Crippen molar-refractivity contribution in [2.75, 3.05) is 13.1 Å². The van der Waals surface area contributed by atoms with E-state index in [1.165, 1.54) is 19.3 Å². The number of halogens is 1. The van der Waals surface area contributed by atoms with E-state index in [0.29, 0.717) is 12.1 Å². The van der Waals surface area contributed by atoms with Gasteiger partial charge in [-0.25, -0.2) is 0 Å². The van der Waals surface area contributed by atoms with Gasteiger partial charge in [0.15, 0.2) is 0 Å². The Bertz CT molecular complexity index is 738. The topological polar surface area (TPSA) is 70.2 Å². The second kappa shape index (κ2) is 8.88. The van der Waals surface area contributed by atoms with Crippen molar-refractivity contribution in [3.05, 3.63) is 35.4 Å². The zero-order valence-corrected chi connectivity index (χ0v) is 18.4. The summed E-state index contributed by atoms with van der Waals surface area (Å²) >= 11 is 0. The third kappa shape index (κ3) is 4.38. The minimum absolute atomic E-state index is 0. The molecule has 1 aromatic rings. The van der Waals surface area contributed by atoms with Gasteiger partial charge in [0.1, 0.15) is 0 Å². The molecule has 2 amide bonds. The minimum Gasteiger partial charge on any atom is -0.352 e. The van der Waals surface area contributed by atoms with Crippen LogP contribution in [0.2, 0.25) is 0 Å². The van der Waals surface area contributed by atoms with Gasteiger partial charge in [-0.2, -0.15) is 0 Å². The van der Waals surface area contributed by atoms with Crippen LogP contribution in [-0.4, -0.2) is 30.9 Å². The van der Waals surface area contributed by atoms with Crippen LogP contribution in [0.15, 0.2) is 24.3 Å². The second-order valence-corrected chi connectivity index (χ2v) is 10.1. The normalized spacial score (nSPS) is 32.3. The molecule has 4 aliphatic carbocycles. The number of piperidine rings is 1. The predicted molar refractivity (Wildman–Crippen MR) is 119 cm³/mol. The van der Waals surface area contributed by atoms with Gasteiger partial charge in [0.05, 0.1) is 0 Å². The van der Waals surface area contributed by atoms with Crippen LogP contribution in [0.5, 0.6) is 0 Å². The number of nitrogens with one attached hydrogen (secondary N) is 3. The highest BCUT2D eigenvalue weighted by Gasteiger charge is 2.54. The first-order chi connectivity index (χ1) is 14.1. The molecule has 5 fully saturated rings. The summed E-state index contributed by atoms with van der Waals surface area (Å²) in [5, 5.41) is 9.67. The highest BCUT2D eigenvalue weighted by molar-refractivity contribution is 5.94. The molecule has 3 N–H and O–H groups in total. The smallest absolute Gasteiger partial charge is 0.251 e. The van der Waals surface area contributed by atoms with Crippen LogP contribution >= 0.6 is 12.4 Å². The number of amides is 2. The number of carbonyl (C=O) groups excluding carboxylic acids is 2. The number of rotatable bonds is 5. The van der Waals surface area contributed by atoms with Crippen LogP contribution in [0.25, 0.3) is 0 Å². The van der Waals surface area contributed by atoms with Crippen LogP contribution < -0.4 is 16.0 Å². The molecule has 1 saturated heterocycles. The Morgan fingerprint density at radius 1 is 0.933 bits per heavy atom. The van der Waals surface area contributed by atoms with Crippen molar-refractivity contribution in [2.24, 2.45) is 23.2 Å². The van der Waals surface area contributed by atoms with Gasteiger partial charge in [0.25, 0.3) is 5.91 Å². The van der Waals surface area contributed by atoms with Crippen molar-refractivity contribution < 1.29 is 9.59 Å². The van der Waals surface area contributed by atoms with Gasteiger partial charge in [-0.1, -0.05) is 12.1 Å². The Kier molecular flexibility index (Phi) is 6.40. The molecule has 1 aromatic carbocycles. The largest absolute Gasteiger partial charge is 0.352 e. The van der Waals surface area contributed by atoms with Crippen LogP contribution in [0.1, 0.15) is 67.3 Å². The predicted octanol–water partition coefficient (Wildman–Crippen LogP) is 3.42. The van der Waals surface area contributed by atoms with Crippen LogP contribution in [0.3, 0.4) is 0 Å². The molecule has 0 radical (unpaired) electrons. The van der Waals surface area contributed by atoms with Gasteiger partial charge in [0, 0.05) is 23.6 Å². The number of benzene rings is 1. The molecule has 1 heterocycles. The molecule has 6 rings (SSSR count). The van der Waals surface area contributed by atoms with Crippen molar-refractivity contribution in [2.45, 2.75) is 64.0 Å². The summed E-state index contributed by atoms with van der Waals surface area (Å²) in [6, 6.07) is 7.96. The molecule has 5 aliphatic rings. The van der Waals surface area contributed by atoms with Gasteiger partial charge in [-0.3, -0.25) is 9.59 Å². The molecule has 0 atom stereocenters. The monoisotopic (exact) mass is 431 g/mol. The van der Waals surface area contributed by atoms with E-state index in [2.05, 4.69) is 16.0 Å². The quantitative estimate of drug-likeness (QED) is 0.669. The average Bonchev–Trinajstić information content (AvgIpc) is 2.72.